The van der Waals surface area contributed by atoms with E-state index < -0.39 is 22.0 Å². The van der Waals surface area contributed by atoms with Crippen molar-refractivity contribution >= 4 is 49.4 Å². The van der Waals surface area contributed by atoms with Gasteiger partial charge < -0.3 is 4.42 Å². The molecule has 0 fully saturated rings. The van der Waals surface area contributed by atoms with Crippen molar-refractivity contribution in [2.75, 3.05) is 10.8 Å². The van der Waals surface area contributed by atoms with Crippen molar-refractivity contribution < 1.29 is 17.6 Å². The zero-order valence-electron chi connectivity index (χ0n) is 16.7. The molecule has 1 amide bonds. The molecule has 0 saturated carbocycles. The number of nitrogens with zero attached hydrogens (tertiary/aromatic N) is 3. The molecule has 0 radical (unpaired) electrons. The molecule has 6 rings (SSSR count). The molecule has 2 aromatic heterocycles. The normalized spacial score (nSPS) is 19.0. The summed E-state index contributed by atoms with van der Waals surface area (Å²) in [6, 6.07) is 17.6. The zero-order valence-corrected chi connectivity index (χ0v) is 18.3. The third kappa shape index (κ3) is 2.81. The van der Waals surface area contributed by atoms with Gasteiger partial charge in [-0.15, -0.1) is 11.3 Å². The minimum atomic E-state index is -3.84. The van der Waals surface area contributed by atoms with E-state index in [2.05, 4.69) is 5.10 Å². The van der Waals surface area contributed by atoms with Crippen molar-refractivity contribution in [1.29, 1.82) is 0 Å². The molecule has 4 aromatic rings. The van der Waals surface area contributed by atoms with Gasteiger partial charge in [0.05, 0.1) is 27.4 Å². The number of carbonyl (C=O) groups excluding carboxylic acids is 1. The van der Waals surface area contributed by atoms with Crippen LogP contribution in [-0.4, -0.2) is 31.6 Å². The Labute approximate surface area is 188 Å². The molecule has 1 atom stereocenters. The molecule has 0 spiro atoms. The first-order valence-electron chi connectivity index (χ1n) is 10.1. The van der Waals surface area contributed by atoms with E-state index in [4.69, 9.17) is 4.42 Å². The van der Waals surface area contributed by atoms with E-state index >= 15 is 0 Å². The predicted molar refractivity (Wildman–Crippen MR) is 122 cm³/mol. The molecule has 0 bridgehead atoms. The van der Waals surface area contributed by atoms with E-state index in [1.807, 2.05) is 29.6 Å². The van der Waals surface area contributed by atoms with Crippen molar-refractivity contribution in [3.63, 3.8) is 0 Å². The highest BCUT2D eigenvalue weighted by Gasteiger charge is 2.41. The largest absolute Gasteiger partial charge is 0.467 e. The number of hydrogen-bond acceptors (Lipinski definition) is 6. The van der Waals surface area contributed by atoms with Crippen LogP contribution in [-0.2, 0) is 14.8 Å². The van der Waals surface area contributed by atoms with Crippen LogP contribution in [0.5, 0.6) is 0 Å². The molecule has 2 aliphatic heterocycles. The SMILES string of the molecule is O=C(CN1c2cccc3cccc(c23)S1(=O)=O)N1N=C(c2cccs2)C[C@H]1c1ccco1. The lowest BCUT2D eigenvalue weighted by Gasteiger charge is -2.24. The second kappa shape index (κ2) is 7.04. The minimum Gasteiger partial charge on any atom is -0.467 e. The van der Waals surface area contributed by atoms with Gasteiger partial charge in [0, 0.05) is 11.8 Å². The van der Waals surface area contributed by atoms with Crippen LogP contribution in [0.4, 0.5) is 5.69 Å². The molecule has 7 nitrogen and oxygen atoms in total. The van der Waals surface area contributed by atoms with Gasteiger partial charge >= 0.3 is 0 Å². The maximum Gasteiger partial charge on any atom is 0.265 e. The molecule has 0 aliphatic carbocycles. The number of thiophene rings is 1. The van der Waals surface area contributed by atoms with Crippen LogP contribution in [0.15, 0.2) is 86.7 Å². The highest BCUT2D eigenvalue weighted by molar-refractivity contribution is 7.93. The highest BCUT2D eigenvalue weighted by atomic mass is 32.2. The molecule has 0 unspecified atom stereocenters. The third-order valence-electron chi connectivity index (χ3n) is 5.80. The van der Waals surface area contributed by atoms with Crippen molar-refractivity contribution in [3.05, 3.63) is 82.9 Å². The summed E-state index contributed by atoms with van der Waals surface area (Å²) in [5.74, 6) is 0.203. The van der Waals surface area contributed by atoms with Gasteiger partial charge in [-0.2, -0.15) is 5.10 Å². The molecule has 160 valence electrons. The molecule has 2 aliphatic rings. The smallest absolute Gasteiger partial charge is 0.265 e. The first-order valence-corrected chi connectivity index (χ1v) is 12.4. The van der Waals surface area contributed by atoms with E-state index in [0.717, 1.165) is 16.0 Å². The average Bonchev–Trinajstić information content (AvgIpc) is 3.57. The summed E-state index contributed by atoms with van der Waals surface area (Å²) in [5, 5.41) is 9.38. The Hall–Kier alpha value is -3.43. The number of benzene rings is 2. The van der Waals surface area contributed by atoms with Gasteiger partial charge in [0.1, 0.15) is 18.3 Å². The van der Waals surface area contributed by atoms with Crippen molar-refractivity contribution in [2.45, 2.75) is 17.4 Å². The Morgan fingerprint density at radius 2 is 1.94 bits per heavy atom. The van der Waals surface area contributed by atoms with Crippen LogP contribution in [0.2, 0.25) is 0 Å². The molecule has 0 saturated heterocycles. The molecule has 4 heterocycles. The van der Waals surface area contributed by atoms with E-state index in [0.29, 0.717) is 23.3 Å². The number of amides is 1. The lowest BCUT2D eigenvalue weighted by atomic mass is 10.1. The zero-order chi connectivity index (χ0) is 21.9. The first-order chi connectivity index (χ1) is 15.5. The molecule has 0 N–H and O–H groups in total. The Balaban J connectivity index is 1.38. The Morgan fingerprint density at radius 1 is 1.09 bits per heavy atom. The fourth-order valence-electron chi connectivity index (χ4n) is 4.36. The van der Waals surface area contributed by atoms with Crippen LogP contribution in [0.25, 0.3) is 10.8 Å². The molecular weight excluding hydrogens is 446 g/mol. The predicted octanol–water partition coefficient (Wildman–Crippen LogP) is 4.38. The van der Waals surface area contributed by atoms with Crippen LogP contribution in [0, 0.1) is 0 Å². The Kier molecular flexibility index (Phi) is 4.24. The summed E-state index contributed by atoms with van der Waals surface area (Å²) >= 11 is 1.55. The van der Waals surface area contributed by atoms with Crippen molar-refractivity contribution in [2.24, 2.45) is 5.10 Å². The lowest BCUT2D eigenvalue weighted by Crippen LogP contribution is -2.39. The number of furan rings is 1. The third-order valence-corrected chi connectivity index (χ3v) is 8.52. The monoisotopic (exact) mass is 463 g/mol. The van der Waals surface area contributed by atoms with E-state index in [1.165, 1.54) is 9.31 Å². The van der Waals surface area contributed by atoms with E-state index in [1.54, 1.807) is 54.0 Å². The van der Waals surface area contributed by atoms with Gasteiger partial charge in [-0.25, -0.2) is 13.4 Å². The summed E-state index contributed by atoms with van der Waals surface area (Å²) in [4.78, 5) is 14.7. The van der Waals surface area contributed by atoms with E-state index in [-0.39, 0.29) is 11.4 Å². The van der Waals surface area contributed by atoms with Crippen molar-refractivity contribution in [1.82, 2.24) is 5.01 Å². The van der Waals surface area contributed by atoms with E-state index in [9.17, 15) is 13.2 Å². The summed E-state index contributed by atoms with van der Waals surface area (Å²) < 4.78 is 33.3. The van der Waals surface area contributed by atoms with Gasteiger partial charge in [0.25, 0.3) is 15.9 Å². The van der Waals surface area contributed by atoms with Gasteiger partial charge in [0.15, 0.2) is 0 Å². The standard InChI is InChI=1S/C23H17N3O4S2/c27-22(14-25-17-7-1-5-15-6-2-10-21(23(15)17)32(25,28)29)26-18(19-8-3-11-30-19)13-16(24-26)20-9-4-12-31-20/h1-12,18H,13-14H2/t18-/m0/s1. The number of hydrazone groups is 1. The quantitative estimate of drug-likeness (QED) is 0.450. The number of rotatable bonds is 4. The number of anilines is 1. The Morgan fingerprint density at radius 3 is 2.69 bits per heavy atom. The Bertz CT molecular complexity index is 1470. The molecule has 9 heteroatoms. The average molecular weight is 464 g/mol. The maximum absolute atomic E-state index is 13.5. The van der Waals surface area contributed by atoms with Gasteiger partial charge in [0.2, 0.25) is 0 Å². The second-order valence-corrected chi connectivity index (χ2v) is 10.4. The van der Waals surface area contributed by atoms with Gasteiger partial charge in [-0.3, -0.25) is 9.10 Å². The summed E-state index contributed by atoms with van der Waals surface area (Å²) in [5.41, 5.74) is 1.30. The molecule has 2 aromatic carbocycles. The maximum atomic E-state index is 13.5. The van der Waals surface area contributed by atoms with Crippen LogP contribution in [0.3, 0.4) is 0 Å². The first kappa shape index (κ1) is 19.3. The fourth-order valence-corrected chi connectivity index (χ4v) is 6.74. The molecule has 32 heavy (non-hydrogen) atoms. The van der Waals surface area contributed by atoms with Crippen LogP contribution >= 0.6 is 11.3 Å². The summed E-state index contributed by atoms with van der Waals surface area (Å²) in [7, 11) is -3.84. The summed E-state index contributed by atoms with van der Waals surface area (Å²) in [6.45, 7) is -0.339. The minimum absolute atomic E-state index is 0.227. The second-order valence-electron chi connectivity index (χ2n) is 7.64. The lowest BCUT2D eigenvalue weighted by molar-refractivity contribution is -0.131. The van der Waals surface area contributed by atoms with Gasteiger partial charge in [-0.05, 0) is 41.1 Å². The number of hydrogen-bond donors (Lipinski definition) is 0. The van der Waals surface area contributed by atoms with Gasteiger partial charge in [-0.1, -0.05) is 30.3 Å². The number of carbonyl (C=O) groups is 1. The summed E-state index contributed by atoms with van der Waals surface area (Å²) in [6.07, 6.45) is 2.06. The molecular formula is C23H17N3O4S2. The topological polar surface area (TPSA) is 83.2 Å². The highest BCUT2D eigenvalue weighted by Crippen LogP contribution is 2.42. The van der Waals surface area contributed by atoms with Crippen LogP contribution in [0.1, 0.15) is 23.1 Å². The van der Waals surface area contributed by atoms with Crippen LogP contribution < -0.4 is 4.31 Å². The van der Waals surface area contributed by atoms with Crippen molar-refractivity contribution in [3.8, 4) is 0 Å². The fraction of sp³-hybridized carbons (Fsp3) is 0.130. The number of sulfonamides is 1.